The standard InChI is InChI=1S/C33H57N3O8Si/c1-31(2,3)42-29(38)34-18-23-17-27(37)36-28(25(23)19-35-30(39)43-32(4,5)6)26(44-45(11,12)33(7,8)9)21-41-20-22-13-15-24(40-10)16-14-22/h13-16,23,25-26,28H,17-21H2,1-12H3,(H,34,38)(H,35,39)(H,36,37)/t23-,25+,26-,28-/m0/s1. The highest BCUT2D eigenvalue weighted by molar-refractivity contribution is 6.74. The van der Waals surface area contributed by atoms with E-state index in [4.69, 9.17) is 23.4 Å². The number of piperidine rings is 1. The maximum atomic E-state index is 13.2. The van der Waals surface area contributed by atoms with Gasteiger partial charge in [0.15, 0.2) is 8.32 Å². The summed E-state index contributed by atoms with van der Waals surface area (Å²) in [5, 5.41) is 8.78. The lowest BCUT2D eigenvalue weighted by Gasteiger charge is -2.46. The van der Waals surface area contributed by atoms with Gasteiger partial charge in [-0.25, -0.2) is 9.59 Å². The van der Waals surface area contributed by atoms with Gasteiger partial charge in [-0.2, -0.15) is 0 Å². The van der Waals surface area contributed by atoms with Crippen molar-refractivity contribution in [2.75, 3.05) is 26.8 Å². The van der Waals surface area contributed by atoms with Crippen LogP contribution in [0.5, 0.6) is 5.75 Å². The highest BCUT2D eigenvalue weighted by atomic mass is 28.4. The van der Waals surface area contributed by atoms with E-state index in [-0.39, 0.29) is 48.9 Å². The third-order valence-corrected chi connectivity index (χ3v) is 12.5. The number of methoxy groups -OCH3 is 1. The summed E-state index contributed by atoms with van der Waals surface area (Å²) in [6.45, 7) is 22.5. The molecule has 0 aromatic heterocycles. The predicted octanol–water partition coefficient (Wildman–Crippen LogP) is 5.77. The van der Waals surface area contributed by atoms with Crippen LogP contribution in [0.2, 0.25) is 18.1 Å². The molecule has 12 heteroatoms. The summed E-state index contributed by atoms with van der Waals surface area (Å²) in [7, 11) is -0.734. The van der Waals surface area contributed by atoms with Crippen LogP contribution in [0.25, 0.3) is 0 Å². The summed E-state index contributed by atoms with van der Waals surface area (Å²) in [4.78, 5) is 38.5. The zero-order chi connectivity index (χ0) is 34.2. The number of carbonyl (C=O) groups is 3. The first-order valence-electron chi connectivity index (χ1n) is 15.7. The van der Waals surface area contributed by atoms with Crippen LogP contribution in [-0.4, -0.2) is 76.6 Å². The Morgan fingerprint density at radius 3 is 1.93 bits per heavy atom. The van der Waals surface area contributed by atoms with Gasteiger partial charge < -0.3 is 39.3 Å². The van der Waals surface area contributed by atoms with Crippen molar-refractivity contribution < 1.29 is 37.8 Å². The van der Waals surface area contributed by atoms with E-state index in [0.717, 1.165) is 11.3 Å². The van der Waals surface area contributed by atoms with E-state index < -0.39 is 43.9 Å². The molecule has 1 aliphatic rings. The second-order valence-electron chi connectivity index (χ2n) is 15.3. The maximum absolute atomic E-state index is 13.2. The van der Waals surface area contributed by atoms with E-state index in [0.29, 0.717) is 6.61 Å². The average Bonchev–Trinajstić information content (AvgIpc) is 2.88. The topological polar surface area (TPSA) is 133 Å². The number of hydrogen-bond donors (Lipinski definition) is 3. The van der Waals surface area contributed by atoms with Gasteiger partial charge in [0.25, 0.3) is 0 Å². The average molecular weight is 652 g/mol. The van der Waals surface area contributed by atoms with Crippen LogP contribution in [0.15, 0.2) is 24.3 Å². The number of amides is 3. The number of alkyl carbamates (subject to hydrolysis) is 2. The monoisotopic (exact) mass is 651 g/mol. The van der Waals surface area contributed by atoms with Crippen molar-refractivity contribution in [1.82, 2.24) is 16.0 Å². The maximum Gasteiger partial charge on any atom is 0.407 e. The van der Waals surface area contributed by atoms with Gasteiger partial charge in [-0.05, 0) is 83.3 Å². The molecule has 3 N–H and O–H groups in total. The summed E-state index contributed by atoms with van der Waals surface area (Å²) in [6, 6.07) is 7.12. The molecule has 1 aromatic carbocycles. The Bertz CT molecular complexity index is 1120. The Balaban J connectivity index is 2.39. The molecule has 256 valence electrons. The fourth-order valence-electron chi connectivity index (χ4n) is 4.75. The van der Waals surface area contributed by atoms with Crippen LogP contribution in [0.3, 0.4) is 0 Å². The lowest BCUT2D eigenvalue weighted by molar-refractivity contribution is -0.129. The summed E-state index contributed by atoms with van der Waals surface area (Å²) in [5.74, 6) is -0.0412. The number of benzene rings is 1. The lowest BCUT2D eigenvalue weighted by Crippen LogP contribution is -2.62. The Labute approximate surface area is 270 Å². The minimum absolute atomic E-state index is 0.109. The van der Waals surface area contributed by atoms with Crippen molar-refractivity contribution in [2.24, 2.45) is 11.8 Å². The number of hydrogen-bond acceptors (Lipinski definition) is 8. The third kappa shape index (κ3) is 13.2. The Hall–Kier alpha value is -2.83. The first-order valence-corrected chi connectivity index (χ1v) is 18.6. The molecule has 1 fully saturated rings. The molecule has 1 aromatic rings. The fourth-order valence-corrected chi connectivity index (χ4v) is 6.07. The van der Waals surface area contributed by atoms with Crippen molar-refractivity contribution in [3.05, 3.63) is 29.8 Å². The number of carbonyl (C=O) groups excluding carboxylic acids is 3. The van der Waals surface area contributed by atoms with E-state index in [9.17, 15) is 14.4 Å². The molecule has 11 nitrogen and oxygen atoms in total. The quantitative estimate of drug-likeness (QED) is 0.243. The second-order valence-corrected chi connectivity index (χ2v) is 20.0. The first kappa shape index (κ1) is 38.4. The van der Waals surface area contributed by atoms with Crippen LogP contribution in [-0.2, 0) is 30.0 Å². The largest absolute Gasteiger partial charge is 0.497 e. The second kappa shape index (κ2) is 15.6. The van der Waals surface area contributed by atoms with E-state index in [2.05, 4.69) is 49.8 Å². The highest BCUT2D eigenvalue weighted by Gasteiger charge is 2.46. The van der Waals surface area contributed by atoms with Crippen LogP contribution >= 0.6 is 0 Å². The molecular weight excluding hydrogens is 594 g/mol. The molecule has 0 unspecified atom stereocenters. The molecule has 0 radical (unpaired) electrons. The van der Waals surface area contributed by atoms with Gasteiger partial charge in [-0.1, -0.05) is 32.9 Å². The third-order valence-electron chi connectivity index (χ3n) is 7.99. The van der Waals surface area contributed by atoms with Gasteiger partial charge >= 0.3 is 12.2 Å². The molecule has 45 heavy (non-hydrogen) atoms. The summed E-state index contributed by atoms with van der Waals surface area (Å²) >= 11 is 0. The van der Waals surface area contributed by atoms with Crippen LogP contribution in [0.4, 0.5) is 9.59 Å². The molecule has 0 saturated carbocycles. The van der Waals surface area contributed by atoms with Crippen molar-refractivity contribution in [1.29, 1.82) is 0 Å². The van der Waals surface area contributed by atoms with Crippen molar-refractivity contribution >= 4 is 26.4 Å². The van der Waals surface area contributed by atoms with E-state index in [1.807, 2.05) is 24.3 Å². The fraction of sp³-hybridized carbons (Fsp3) is 0.727. The molecule has 0 aliphatic carbocycles. The van der Waals surface area contributed by atoms with Gasteiger partial charge in [0.2, 0.25) is 5.91 Å². The predicted molar refractivity (Wildman–Crippen MR) is 177 cm³/mol. The molecular formula is C33H57N3O8Si. The molecule has 0 bridgehead atoms. The molecule has 1 saturated heterocycles. The Morgan fingerprint density at radius 1 is 0.911 bits per heavy atom. The molecule has 0 spiro atoms. The normalized spacial score (nSPS) is 20.1. The minimum Gasteiger partial charge on any atom is -0.497 e. The Kier molecular flexibility index (Phi) is 13.3. The number of nitrogens with one attached hydrogen (secondary N) is 3. The summed E-state index contributed by atoms with van der Waals surface area (Å²) < 4.78 is 29.4. The highest BCUT2D eigenvalue weighted by Crippen LogP contribution is 2.39. The van der Waals surface area contributed by atoms with Crippen LogP contribution in [0.1, 0.15) is 74.3 Å². The van der Waals surface area contributed by atoms with Gasteiger partial charge in [0.1, 0.15) is 17.0 Å². The number of ether oxygens (including phenoxy) is 4. The van der Waals surface area contributed by atoms with Gasteiger partial charge in [-0.15, -0.1) is 0 Å². The smallest absolute Gasteiger partial charge is 0.407 e. The van der Waals surface area contributed by atoms with Gasteiger partial charge in [-0.3, -0.25) is 4.79 Å². The van der Waals surface area contributed by atoms with Crippen molar-refractivity contribution in [3.63, 3.8) is 0 Å². The van der Waals surface area contributed by atoms with Gasteiger partial charge in [0.05, 0.1) is 32.5 Å². The molecule has 2 rings (SSSR count). The van der Waals surface area contributed by atoms with Gasteiger partial charge in [0, 0.05) is 25.4 Å². The van der Waals surface area contributed by atoms with Crippen molar-refractivity contribution in [3.8, 4) is 5.75 Å². The van der Waals surface area contributed by atoms with E-state index in [1.54, 1.807) is 48.7 Å². The molecule has 4 atom stereocenters. The first-order chi connectivity index (χ1) is 20.6. The van der Waals surface area contributed by atoms with Crippen LogP contribution < -0.4 is 20.7 Å². The zero-order valence-electron chi connectivity index (χ0n) is 29.4. The summed E-state index contributed by atoms with van der Waals surface area (Å²) in [6.07, 6.45) is -1.50. The molecule has 1 heterocycles. The molecule has 1 aliphatic heterocycles. The lowest BCUT2D eigenvalue weighted by atomic mass is 9.78. The number of rotatable bonds is 12. The van der Waals surface area contributed by atoms with Crippen LogP contribution in [0, 0.1) is 11.8 Å². The zero-order valence-corrected chi connectivity index (χ0v) is 30.4. The molecule has 3 amide bonds. The van der Waals surface area contributed by atoms with Crippen molar-refractivity contribution in [2.45, 2.75) is 117 Å². The van der Waals surface area contributed by atoms with E-state index >= 15 is 0 Å². The minimum atomic E-state index is -2.36. The summed E-state index contributed by atoms with van der Waals surface area (Å²) in [5.41, 5.74) is -0.375. The Morgan fingerprint density at radius 2 is 1.44 bits per heavy atom. The SMILES string of the molecule is COc1ccc(COC[C@H](O[Si](C)(C)C(C)(C)C)[C@H]2NC(=O)C[C@@H](CNC(=O)OC(C)(C)C)[C@H]2CNC(=O)OC(C)(C)C)cc1. The van der Waals surface area contributed by atoms with E-state index in [1.165, 1.54) is 0 Å².